The van der Waals surface area contributed by atoms with E-state index in [-0.39, 0.29) is 5.22 Å². The van der Waals surface area contributed by atoms with Gasteiger partial charge in [-0.1, -0.05) is 6.92 Å². The lowest BCUT2D eigenvalue weighted by Crippen LogP contribution is -2.07. The van der Waals surface area contributed by atoms with Crippen molar-refractivity contribution >= 4 is 27.6 Å². The SMILES string of the molecule is CCCOCCS(=O)c1nc2ccc(N)cc2o1. The minimum absolute atomic E-state index is 0.232. The summed E-state index contributed by atoms with van der Waals surface area (Å²) in [7, 11) is -1.27. The van der Waals surface area contributed by atoms with Gasteiger partial charge in [0.05, 0.1) is 12.4 Å². The molecular formula is C12H16N2O3S. The second kappa shape index (κ2) is 5.97. The van der Waals surface area contributed by atoms with E-state index in [1.165, 1.54) is 0 Å². The number of anilines is 1. The molecule has 0 amide bonds. The van der Waals surface area contributed by atoms with Crippen molar-refractivity contribution < 1.29 is 13.4 Å². The Balaban J connectivity index is 2.04. The predicted octanol–water partition coefficient (Wildman–Crippen LogP) is 1.94. The van der Waals surface area contributed by atoms with Crippen LogP contribution in [0.2, 0.25) is 0 Å². The van der Waals surface area contributed by atoms with Crippen LogP contribution in [0.25, 0.3) is 11.1 Å². The molecule has 5 nitrogen and oxygen atoms in total. The van der Waals surface area contributed by atoms with Crippen LogP contribution in [0.1, 0.15) is 13.3 Å². The summed E-state index contributed by atoms with van der Waals surface area (Å²) in [6, 6.07) is 5.17. The van der Waals surface area contributed by atoms with E-state index in [0.717, 1.165) is 6.42 Å². The van der Waals surface area contributed by atoms with Crippen LogP contribution in [0.3, 0.4) is 0 Å². The second-order valence-corrected chi connectivity index (χ2v) is 5.32. The predicted molar refractivity (Wildman–Crippen MR) is 70.8 cm³/mol. The van der Waals surface area contributed by atoms with E-state index < -0.39 is 10.8 Å². The Bertz CT molecular complexity index is 553. The van der Waals surface area contributed by atoms with Crippen molar-refractivity contribution in [3.05, 3.63) is 18.2 Å². The largest absolute Gasteiger partial charge is 0.430 e. The summed E-state index contributed by atoms with van der Waals surface area (Å²) in [5.41, 5.74) is 7.47. The molecule has 0 aliphatic heterocycles. The molecule has 0 spiro atoms. The standard InChI is InChI=1S/C12H16N2O3S/c1-2-5-16-6-7-18(15)12-14-10-4-3-9(13)8-11(10)17-12/h3-4,8H,2,5-7,13H2,1H3. The summed E-state index contributed by atoms with van der Waals surface area (Å²) >= 11 is 0. The minimum atomic E-state index is -1.27. The van der Waals surface area contributed by atoms with Crippen LogP contribution in [-0.4, -0.2) is 28.2 Å². The molecule has 1 heterocycles. The Morgan fingerprint density at radius 2 is 2.28 bits per heavy atom. The number of hydrogen-bond donors (Lipinski definition) is 1. The molecule has 98 valence electrons. The number of nitrogens with zero attached hydrogens (tertiary/aromatic N) is 1. The molecule has 2 N–H and O–H groups in total. The van der Waals surface area contributed by atoms with Crippen LogP contribution in [0.4, 0.5) is 5.69 Å². The van der Waals surface area contributed by atoms with Gasteiger partial charge in [0, 0.05) is 18.4 Å². The second-order valence-electron chi connectivity index (χ2n) is 3.87. The van der Waals surface area contributed by atoms with Gasteiger partial charge in [-0.05, 0) is 18.6 Å². The highest BCUT2D eigenvalue weighted by Gasteiger charge is 2.12. The number of nitrogen functional groups attached to an aromatic ring is 1. The fourth-order valence-electron chi connectivity index (χ4n) is 1.49. The van der Waals surface area contributed by atoms with Crippen LogP contribution in [0.15, 0.2) is 27.8 Å². The quantitative estimate of drug-likeness (QED) is 0.640. The van der Waals surface area contributed by atoms with Crippen LogP contribution < -0.4 is 5.73 Å². The van der Waals surface area contributed by atoms with E-state index in [0.29, 0.717) is 35.8 Å². The molecule has 1 aromatic heterocycles. The van der Waals surface area contributed by atoms with Crippen molar-refractivity contribution in [3.63, 3.8) is 0 Å². The Morgan fingerprint density at radius 3 is 3.06 bits per heavy atom. The van der Waals surface area contributed by atoms with Crippen molar-refractivity contribution in [2.45, 2.75) is 18.6 Å². The number of fused-ring (bicyclic) bond motifs is 1. The maximum absolute atomic E-state index is 11.9. The molecule has 0 radical (unpaired) electrons. The number of aromatic nitrogens is 1. The third-order valence-corrected chi connectivity index (χ3v) is 3.45. The lowest BCUT2D eigenvalue weighted by molar-refractivity contribution is 0.150. The molecule has 1 aromatic carbocycles. The average Bonchev–Trinajstić information content (AvgIpc) is 2.77. The van der Waals surface area contributed by atoms with E-state index in [4.69, 9.17) is 14.9 Å². The maximum Gasteiger partial charge on any atom is 0.288 e. The smallest absolute Gasteiger partial charge is 0.288 e. The van der Waals surface area contributed by atoms with Gasteiger partial charge in [-0.3, -0.25) is 0 Å². The molecule has 0 bridgehead atoms. The molecule has 0 aliphatic carbocycles. The van der Waals surface area contributed by atoms with Crippen LogP contribution in [-0.2, 0) is 15.5 Å². The zero-order chi connectivity index (χ0) is 13.0. The zero-order valence-corrected chi connectivity index (χ0v) is 11.0. The van der Waals surface area contributed by atoms with Gasteiger partial charge in [-0.2, -0.15) is 0 Å². The molecule has 0 fully saturated rings. The van der Waals surface area contributed by atoms with Gasteiger partial charge in [0.1, 0.15) is 16.3 Å². The number of oxazole rings is 1. The molecule has 18 heavy (non-hydrogen) atoms. The molecule has 0 saturated heterocycles. The van der Waals surface area contributed by atoms with Crippen molar-refractivity contribution in [3.8, 4) is 0 Å². The van der Waals surface area contributed by atoms with Gasteiger partial charge in [-0.25, -0.2) is 9.19 Å². The highest BCUT2D eigenvalue weighted by Crippen LogP contribution is 2.20. The summed E-state index contributed by atoms with van der Waals surface area (Å²) in [4.78, 5) is 4.17. The third-order valence-electron chi connectivity index (χ3n) is 2.35. The van der Waals surface area contributed by atoms with E-state index >= 15 is 0 Å². The number of rotatable bonds is 6. The van der Waals surface area contributed by atoms with Crippen molar-refractivity contribution in [2.75, 3.05) is 24.7 Å². The first-order valence-corrected chi connectivity index (χ1v) is 7.15. The molecule has 0 aliphatic rings. The first-order chi connectivity index (χ1) is 8.70. The summed E-state index contributed by atoms with van der Waals surface area (Å²) in [6.45, 7) is 3.16. The van der Waals surface area contributed by atoms with Gasteiger partial charge >= 0.3 is 0 Å². The Labute approximate surface area is 108 Å². The monoisotopic (exact) mass is 268 g/mol. The van der Waals surface area contributed by atoms with Crippen LogP contribution in [0.5, 0.6) is 0 Å². The fourth-order valence-corrected chi connectivity index (χ4v) is 2.31. The summed E-state index contributed by atoms with van der Waals surface area (Å²) in [6.07, 6.45) is 0.953. The lowest BCUT2D eigenvalue weighted by atomic mass is 10.3. The summed E-state index contributed by atoms with van der Waals surface area (Å²) in [5.74, 6) is 0.391. The molecule has 0 saturated carbocycles. The Kier molecular flexibility index (Phi) is 4.33. The average molecular weight is 268 g/mol. The third kappa shape index (κ3) is 3.08. The van der Waals surface area contributed by atoms with E-state index in [1.54, 1.807) is 18.2 Å². The van der Waals surface area contributed by atoms with Crippen LogP contribution >= 0.6 is 0 Å². The zero-order valence-electron chi connectivity index (χ0n) is 10.2. The van der Waals surface area contributed by atoms with E-state index in [1.807, 2.05) is 6.92 Å². The topological polar surface area (TPSA) is 78.3 Å². The van der Waals surface area contributed by atoms with Gasteiger partial charge in [-0.15, -0.1) is 0 Å². The highest BCUT2D eigenvalue weighted by atomic mass is 32.2. The Hall–Kier alpha value is -1.40. The molecule has 1 unspecified atom stereocenters. The molecule has 1 atom stereocenters. The molecule has 2 aromatic rings. The highest BCUT2D eigenvalue weighted by molar-refractivity contribution is 7.84. The normalized spacial score (nSPS) is 12.9. The Morgan fingerprint density at radius 1 is 1.44 bits per heavy atom. The summed E-state index contributed by atoms with van der Waals surface area (Å²) < 4.78 is 22.6. The van der Waals surface area contributed by atoms with Gasteiger partial charge < -0.3 is 14.9 Å². The number of hydrogen-bond acceptors (Lipinski definition) is 5. The number of nitrogens with two attached hydrogens (primary N) is 1. The van der Waals surface area contributed by atoms with E-state index in [9.17, 15) is 4.21 Å². The number of ether oxygens (including phenoxy) is 1. The molecule has 2 rings (SSSR count). The van der Waals surface area contributed by atoms with E-state index in [2.05, 4.69) is 4.98 Å². The van der Waals surface area contributed by atoms with Gasteiger partial charge in [0.15, 0.2) is 5.58 Å². The fraction of sp³-hybridized carbons (Fsp3) is 0.417. The summed E-state index contributed by atoms with van der Waals surface area (Å²) in [5, 5.41) is 0.232. The van der Waals surface area contributed by atoms with Crippen molar-refractivity contribution in [1.29, 1.82) is 0 Å². The number of benzene rings is 1. The van der Waals surface area contributed by atoms with Crippen molar-refractivity contribution in [2.24, 2.45) is 0 Å². The van der Waals surface area contributed by atoms with Gasteiger partial charge in [0.2, 0.25) is 0 Å². The minimum Gasteiger partial charge on any atom is -0.430 e. The van der Waals surface area contributed by atoms with Crippen LogP contribution in [0, 0.1) is 0 Å². The van der Waals surface area contributed by atoms with Crippen molar-refractivity contribution in [1.82, 2.24) is 4.98 Å². The maximum atomic E-state index is 11.9. The first kappa shape index (κ1) is 13.0. The molecule has 6 heteroatoms. The first-order valence-electron chi connectivity index (χ1n) is 5.83. The van der Waals surface area contributed by atoms with Gasteiger partial charge in [0.25, 0.3) is 5.22 Å². The lowest BCUT2D eigenvalue weighted by Gasteiger charge is -1.99. The molecular weight excluding hydrogens is 252 g/mol.